The molecule has 1 aliphatic rings. The van der Waals surface area contributed by atoms with Crippen LogP contribution in [0.2, 0.25) is 0 Å². The van der Waals surface area contributed by atoms with Gasteiger partial charge in [-0.05, 0) is 50.5 Å². The molecule has 0 spiro atoms. The highest BCUT2D eigenvalue weighted by atomic mass is 32.2. The third-order valence-electron chi connectivity index (χ3n) is 4.27. The lowest BCUT2D eigenvalue weighted by Crippen LogP contribution is -2.33. The molecule has 0 aromatic heterocycles. The van der Waals surface area contributed by atoms with Crippen LogP contribution in [-0.4, -0.2) is 23.7 Å². The van der Waals surface area contributed by atoms with Gasteiger partial charge in [-0.15, -0.1) is 11.8 Å². The molecular weight excluding hydrogens is 365 g/mol. The van der Waals surface area contributed by atoms with Crippen LogP contribution in [-0.2, 0) is 14.3 Å². The topological polar surface area (TPSA) is 55.4 Å². The number of halogens is 1. The number of esters is 1. The average Bonchev–Trinajstić information content (AvgIpc) is 3.45. The molecule has 4 nitrogen and oxygen atoms in total. The first-order chi connectivity index (χ1) is 12.9. The normalized spacial score (nSPS) is 14.5. The van der Waals surface area contributed by atoms with E-state index in [0.29, 0.717) is 5.56 Å². The second-order valence-electron chi connectivity index (χ2n) is 6.76. The maximum absolute atomic E-state index is 13.2. The summed E-state index contributed by atoms with van der Waals surface area (Å²) in [4.78, 5) is 25.9. The van der Waals surface area contributed by atoms with E-state index in [0.717, 1.165) is 28.9 Å². The number of rotatable bonds is 7. The monoisotopic (exact) mass is 387 g/mol. The fourth-order valence-corrected chi connectivity index (χ4v) is 3.49. The molecule has 6 heteroatoms. The van der Waals surface area contributed by atoms with Gasteiger partial charge >= 0.3 is 5.97 Å². The summed E-state index contributed by atoms with van der Waals surface area (Å²) in [7, 11) is 0. The van der Waals surface area contributed by atoms with Crippen LogP contribution in [0.5, 0.6) is 0 Å². The molecule has 1 saturated carbocycles. The van der Waals surface area contributed by atoms with Gasteiger partial charge in [-0.2, -0.15) is 0 Å². The van der Waals surface area contributed by atoms with E-state index in [-0.39, 0.29) is 17.7 Å². The molecule has 2 aromatic rings. The molecule has 0 saturated heterocycles. The molecule has 1 aliphatic carbocycles. The van der Waals surface area contributed by atoms with Gasteiger partial charge in [0.1, 0.15) is 5.82 Å². The van der Waals surface area contributed by atoms with Crippen molar-refractivity contribution in [1.29, 1.82) is 0 Å². The molecule has 0 aliphatic heterocycles. The summed E-state index contributed by atoms with van der Waals surface area (Å²) in [6, 6.07) is 11.6. The summed E-state index contributed by atoms with van der Waals surface area (Å²) < 4.78 is 18.7. The predicted molar refractivity (Wildman–Crippen MR) is 103 cm³/mol. The van der Waals surface area contributed by atoms with E-state index >= 15 is 0 Å². The first-order valence-corrected chi connectivity index (χ1v) is 9.86. The zero-order valence-corrected chi connectivity index (χ0v) is 16.1. The summed E-state index contributed by atoms with van der Waals surface area (Å²) in [5.41, 5.74) is 2.66. The van der Waals surface area contributed by atoms with E-state index in [4.69, 9.17) is 4.74 Å². The summed E-state index contributed by atoms with van der Waals surface area (Å²) in [6.45, 7) is 3.98. The SMILES string of the molecule is Cc1ccc(C)c(SCC(=O)OC(C(=O)NC2CC2)c2ccc(F)cc2)c1. The van der Waals surface area contributed by atoms with Crippen molar-refractivity contribution in [2.75, 3.05) is 5.75 Å². The van der Waals surface area contributed by atoms with Gasteiger partial charge in [-0.3, -0.25) is 9.59 Å². The lowest BCUT2D eigenvalue weighted by Gasteiger charge is -2.18. The van der Waals surface area contributed by atoms with Crippen molar-refractivity contribution < 1.29 is 18.7 Å². The number of ether oxygens (including phenoxy) is 1. The second-order valence-corrected chi connectivity index (χ2v) is 7.78. The van der Waals surface area contributed by atoms with Gasteiger partial charge in [0.15, 0.2) is 0 Å². The first kappa shape index (κ1) is 19.4. The van der Waals surface area contributed by atoms with Crippen LogP contribution >= 0.6 is 11.8 Å². The van der Waals surface area contributed by atoms with Gasteiger partial charge in [-0.25, -0.2) is 4.39 Å². The van der Waals surface area contributed by atoms with Crippen molar-refractivity contribution in [3.63, 3.8) is 0 Å². The Morgan fingerprint density at radius 3 is 2.56 bits per heavy atom. The molecule has 0 bridgehead atoms. The van der Waals surface area contributed by atoms with Gasteiger partial charge < -0.3 is 10.1 Å². The molecular formula is C21H22FNO3S. The van der Waals surface area contributed by atoms with Crippen molar-refractivity contribution in [3.05, 3.63) is 65.0 Å². The Bertz CT molecular complexity index is 834. The highest BCUT2D eigenvalue weighted by Crippen LogP contribution is 2.26. The van der Waals surface area contributed by atoms with Crippen LogP contribution in [0.1, 0.15) is 35.6 Å². The number of carbonyl (C=O) groups is 2. The second kappa shape index (κ2) is 8.57. The Morgan fingerprint density at radius 1 is 1.19 bits per heavy atom. The minimum absolute atomic E-state index is 0.0959. The maximum atomic E-state index is 13.2. The number of thioether (sulfide) groups is 1. The van der Waals surface area contributed by atoms with Gasteiger partial charge in [0.2, 0.25) is 6.10 Å². The largest absolute Gasteiger partial charge is 0.447 e. The highest BCUT2D eigenvalue weighted by molar-refractivity contribution is 8.00. The molecule has 1 atom stereocenters. The Hall–Kier alpha value is -2.34. The summed E-state index contributed by atoms with van der Waals surface area (Å²) in [5.74, 6) is -1.16. The van der Waals surface area contributed by atoms with Crippen LogP contribution in [0.15, 0.2) is 47.4 Å². The average molecular weight is 387 g/mol. The number of hydrogen-bond donors (Lipinski definition) is 1. The number of nitrogens with one attached hydrogen (secondary N) is 1. The molecule has 1 unspecified atom stereocenters. The molecule has 1 amide bonds. The van der Waals surface area contributed by atoms with Crippen LogP contribution in [0.4, 0.5) is 4.39 Å². The van der Waals surface area contributed by atoms with Crippen molar-refractivity contribution in [2.45, 2.75) is 43.7 Å². The lowest BCUT2D eigenvalue weighted by atomic mass is 10.1. The predicted octanol–water partition coefficient (Wildman–Crippen LogP) is 4.10. The number of aryl methyl sites for hydroxylation is 2. The first-order valence-electron chi connectivity index (χ1n) is 8.88. The molecule has 0 heterocycles. The smallest absolute Gasteiger partial charge is 0.317 e. The Balaban J connectivity index is 1.66. The van der Waals surface area contributed by atoms with Crippen molar-refractivity contribution in [3.8, 4) is 0 Å². The third-order valence-corrected chi connectivity index (χ3v) is 5.40. The zero-order valence-electron chi connectivity index (χ0n) is 15.3. The molecule has 142 valence electrons. The summed E-state index contributed by atoms with van der Waals surface area (Å²) in [5, 5.41) is 2.85. The van der Waals surface area contributed by atoms with Crippen LogP contribution in [0.25, 0.3) is 0 Å². The van der Waals surface area contributed by atoms with Gasteiger partial charge in [0.25, 0.3) is 5.91 Å². The molecule has 27 heavy (non-hydrogen) atoms. The zero-order chi connectivity index (χ0) is 19.4. The van der Waals surface area contributed by atoms with Crippen molar-refractivity contribution in [1.82, 2.24) is 5.32 Å². The number of hydrogen-bond acceptors (Lipinski definition) is 4. The summed E-state index contributed by atoms with van der Waals surface area (Å²) in [6.07, 6.45) is 0.786. The lowest BCUT2D eigenvalue weighted by molar-refractivity contribution is -0.154. The van der Waals surface area contributed by atoms with Crippen molar-refractivity contribution >= 4 is 23.6 Å². The maximum Gasteiger partial charge on any atom is 0.317 e. The standard InChI is InChI=1S/C21H22FNO3S/c1-13-3-4-14(2)18(11-13)27-12-19(24)26-20(21(25)23-17-9-10-17)15-5-7-16(22)8-6-15/h3-8,11,17,20H,9-10,12H2,1-2H3,(H,23,25). The minimum atomic E-state index is -1.07. The number of carbonyl (C=O) groups excluding carboxylic acids is 2. The van der Waals surface area contributed by atoms with Gasteiger partial charge in [0.05, 0.1) is 5.75 Å². The van der Waals surface area contributed by atoms with E-state index in [9.17, 15) is 14.0 Å². The molecule has 1 N–H and O–H groups in total. The quantitative estimate of drug-likeness (QED) is 0.574. The van der Waals surface area contributed by atoms with E-state index in [1.165, 1.54) is 36.0 Å². The van der Waals surface area contributed by atoms with Gasteiger partial charge in [0, 0.05) is 16.5 Å². The van der Waals surface area contributed by atoms with Crippen LogP contribution in [0, 0.1) is 19.7 Å². The Kier molecular flexibility index (Phi) is 6.16. The third kappa shape index (κ3) is 5.57. The Morgan fingerprint density at radius 2 is 1.89 bits per heavy atom. The van der Waals surface area contributed by atoms with Crippen molar-refractivity contribution in [2.24, 2.45) is 0 Å². The van der Waals surface area contributed by atoms with E-state index in [1.54, 1.807) is 0 Å². The minimum Gasteiger partial charge on any atom is -0.447 e. The van der Waals surface area contributed by atoms with Crippen LogP contribution in [0.3, 0.4) is 0 Å². The fourth-order valence-electron chi connectivity index (χ4n) is 2.58. The molecule has 2 aromatic carbocycles. The highest BCUT2D eigenvalue weighted by Gasteiger charge is 2.30. The molecule has 0 radical (unpaired) electrons. The van der Waals surface area contributed by atoms with Gasteiger partial charge in [-0.1, -0.05) is 29.8 Å². The van der Waals surface area contributed by atoms with Crippen LogP contribution < -0.4 is 5.32 Å². The Labute approximate surface area is 162 Å². The number of amides is 1. The van der Waals surface area contributed by atoms with E-state index in [2.05, 4.69) is 5.32 Å². The summed E-state index contributed by atoms with van der Waals surface area (Å²) >= 11 is 1.38. The fraction of sp³-hybridized carbons (Fsp3) is 0.333. The number of benzene rings is 2. The van der Waals surface area contributed by atoms with E-state index < -0.39 is 17.9 Å². The van der Waals surface area contributed by atoms with E-state index in [1.807, 2.05) is 32.0 Å². The molecule has 3 rings (SSSR count). The molecule has 1 fully saturated rings.